The lowest BCUT2D eigenvalue weighted by atomic mass is 9.70. The summed E-state index contributed by atoms with van der Waals surface area (Å²) in [5, 5.41) is 8.46. The third kappa shape index (κ3) is 5.92. The standard InChI is InChI=1S/C27H34FN/c1-3-21-7-13-25(14-8-21)26-17-15-24(16-18-26)20(2)23-11-9-22(10-12-23)5-4-6-27(28)19-29/h4-8,13-14,22-24,26H,2-3,9-12,15-18H2,1H3. The summed E-state index contributed by atoms with van der Waals surface area (Å²) in [4.78, 5) is 0. The Morgan fingerprint density at radius 3 is 2.17 bits per heavy atom. The molecule has 154 valence electrons. The number of nitriles is 1. The lowest BCUT2D eigenvalue weighted by molar-refractivity contribution is 0.290. The summed E-state index contributed by atoms with van der Waals surface area (Å²) in [6.45, 7) is 6.74. The Labute approximate surface area is 176 Å². The first kappa shape index (κ1) is 21.6. The predicted octanol–water partition coefficient (Wildman–Crippen LogP) is 7.82. The van der Waals surface area contributed by atoms with Crippen LogP contribution in [0.1, 0.15) is 75.3 Å². The Morgan fingerprint density at radius 1 is 1.03 bits per heavy atom. The molecule has 0 atom stereocenters. The number of allylic oxidation sites excluding steroid dienone is 5. The van der Waals surface area contributed by atoms with Crippen molar-refractivity contribution in [2.75, 3.05) is 0 Å². The maximum Gasteiger partial charge on any atom is 0.199 e. The van der Waals surface area contributed by atoms with Crippen LogP contribution in [0.2, 0.25) is 0 Å². The maximum absolute atomic E-state index is 12.9. The number of nitrogens with zero attached hydrogens (tertiary/aromatic N) is 1. The van der Waals surface area contributed by atoms with Crippen LogP contribution >= 0.6 is 0 Å². The summed E-state index contributed by atoms with van der Waals surface area (Å²) in [5.41, 5.74) is 4.43. The predicted molar refractivity (Wildman–Crippen MR) is 119 cm³/mol. The van der Waals surface area contributed by atoms with Crippen molar-refractivity contribution in [3.63, 3.8) is 0 Å². The van der Waals surface area contributed by atoms with Crippen LogP contribution in [0, 0.1) is 29.1 Å². The zero-order chi connectivity index (χ0) is 20.6. The van der Waals surface area contributed by atoms with Crippen molar-refractivity contribution in [3.05, 3.63) is 71.6 Å². The Bertz CT molecular complexity index is 764. The summed E-state index contributed by atoms with van der Waals surface area (Å²) < 4.78 is 12.9. The average molecular weight is 392 g/mol. The zero-order valence-electron chi connectivity index (χ0n) is 17.7. The highest BCUT2D eigenvalue weighted by molar-refractivity contribution is 5.26. The van der Waals surface area contributed by atoms with E-state index in [4.69, 9.17) is 5.26 Å². The molecule has 0 N–H and O–H groups in total. The fraction of sp³-hybridized carbons (Fsp3) is 0.519. The van der Waals surface area contributed by atoms with E-state index in [0.29, 0.717) is 23.7 Å². The fourth-order valence-electron chi connectivity index (χ4n) is 5.17. The summed E-state index contributed by atoms with van der Waals surface area (Å²) >= 11 is 0. The van der Waals surface area contributed by atoms with Gasteiger partial charge in [-0.15, -0.1) is 0 Å². The Morgan fingerprint density at radius 2 is 1.62 bits per heavy atom. The monoisotopic (exact) mass is 391 g/mol. The molecule has 2 fully saturated rings. The highest BCUT2D eigenvalue weighted by atomic mass is 19.1. The number of aryl methyl sites for hydroxylation is 1. The van der Waals surface area contributed by atoms with Gasteiger partial charge in [0.2, 0.25) is 0 Å². The Kier molecular flexibility index (Phi) is 7.87. The van der Waals surface area contributed by atoms with Crippen molar-refractivity contribution in [2.45, 2.75) is 70.6 Å². The van der Waals surface area contributed by atoms with Gasteiger partial charge in [-0.1, -0.05) is 55.5 Å². The molecule has 3 rings (SSSR count). The lowest BCUT2D eigenvalue weighted by Gasteiger charge is -2.36. The second-order valence-electron chi connectivity index (χ2n) is 8.84. The first-order valence-corrected chi connectivity index (χ1v) is 11.3. The molecule has 1 aromatic rings. The largest absolute Gasteiger partial charge is 0.199 e. The van der Waals surface area contributed by atoms with Crippen molar-refractivity contribution < 1.29 is 4.39 Å². The van der Waals surface area contributed by atoms with Crippen molar-refractivity contribution >= 4 is 0 Å². The lowest BCUT2D eigenvalue weighted by Crippen LogP contribution is -2.22. The summed E-state index contributed by atoms with van der Waals surface area (Å²) in [7, 11) is 0. The zero-order valence-corrected chi connectivity index (χ0v) is 17.7. The van der Waals surface area contributed by atoms with Crippen LogP contribution in [0.3, 0.4) is 0 Å². The van der Waals surface area contributed by atoms with E-state index >= 15 is 0 Å². The molecule has 2 saturated carbocycles. The fourth-order valence-corrected chi connectivity index (χ4v) is 5.17. The van der Waals surface area contributed by atoms with E-state index in [1.165, 1.54) is 67.4 Å². The molecular formula is C27H34FN. The SMILES string of the molecule is C=C(C1CCC(C=CC=C(F)C#N)CC1)C1CCC(c2ccc(CC)cc2)CC1. The number of hydrogen-bond donors (Lipinski definition) is 0. The van der Waals surface area contributed by atoms with Gasteiger partial charge in [0.15, 0.2) is 5.83 Å². The summed E-state index contributed by atoms with van der Waals surface area (Å²) in [6, 6.07) is 10.8. The molecule has 2 aliphatic rings. The van der Waals surface area contributed by atoms with Gasteiger partial charge < -0.3 is 0 Å². The number of benzene rings is 1. The summed E-state index contributed by atoms with van der Waals surface area (Å²) in [5.74, 6) is 1.83. The molecule has 0 radical (unpaired) electrons. The van der Waals surface area contributed by atoms with Gasteiger partial charge in [0.05, 0.1) is 0 Å². The van der Waals surface area contributed by atoms with Gasteiger partial charge in [-0.25, -0.2) is 0 Å². The minimum Gasteiger partial charge on any atom is -0.195 e. The molecule has 0 aromatic heterocycles. The van der Waals surface area contributed by atoms with Crippen molar-refractivity contribution in [1.82, 2.24) is 0 Å². The van der Waals surface area contributed by atoms with Gasteiger partial charge in [-0.05, 0) is 98.7 Å². The van der Waals surface area contributed by atoms with Gasteiger partial charge in [0.1, 0.15) is 6.07 Å². The number of hydrogen-bond acceptors (Lipinski definition) is 1. The molecule has 0 amide bonds. The molecule has 2 aliphatic carbocycles. The van der Waals surface area contributed by atoms with E-state index in [-0.39, 0.29) is 0 Å². The number of rotatable bonds is 6. The Balaban J connectivity index is 1.44. The molecule has 0 heterocycles. The van der Waals surface area contributed by atoms with E-state index in [2.05, 4.69) is 43.8 Å². The normalized spacial score (nSPS) is 28.2. The molecule has 0 spiro atoms. The van der Waals surface area contributed by atoms with E-state index in [1.807, 2.05) is 0 Å². The number of halogens is 1. The topological polar surface area (TPSA) is 23.8 Å². The summed E-state index contributed by atoms with van der Waals surface area (Å²) in [6.07, 6.45) is 15.9. The van der Waals surface area contributed by atoms with Crippen LogP contribution < -0.4 is 0 Å². The second-order valence-corrected chi connectivity index (χ2v) is 8.84. The highest BCUT2D eigenvalue weighted by Crippen LogP contribution is 2.43. The average Bonchev–Trinajstić information content (AvgIpc) is 2.79. The van der Waals surface area contributed by atoms with Crippen LogP contribution in [0.4, 0.5) is 4.39 Å². The van der Waals surface area contributed by atoms with Crippen LogP contribution in [0.25, 0.3) is 0 Å². The first-order valence-electron chi connectivity index (χ1n) is 11.3. The molecule has 0 saturated heterocycles. The van der Waals surface area contributed by atoms with Gasteiger partial charge in [-0.2, -0.15) is 9.65 Å². The molecule has 2 heteroatoms. The quantitative estimate of drug-likeness (QED) is 0.275. The first-order chi connectivity index (χ1) is 14.1. The molecule has 1 nitrogen and oxygen atoms in total. The van der Waals surface area contributed by atoms with Gasteiger partial charge in [-0.3, -0.25) is 0 Å². The minimum absolute atomic E-state index is 0.503. The smallest absolute Gasteiger partial charge is 0.195 e. The minimum atomic E-state index is -0.722. The van der Waals surface area contributed by atoms with E-state index in [1.54, 1.807) is 6.08 Å². The molecule has 0 unspecified atom stereocenters. The van der Waals surface area contributed by atoms with Crippen LogP contribution in [0.5, 0.6) is 0 Å². The van der Waals surface area contributed by atoms with Gasteiger partial charge in [0, 0.05) is 0 Å². The molecular weight excluding hydrogens is 357 g/mol. The highest BCUT2D eigenvalue weighted by Gasteiger charge is 2.29. The second kappa shape index (κ2) is 10.6. The van der Waals surface area contributed by atoms with E-state index in [0.717, 1.165) is 19.3 Å². The van der Waals surface area contributed by atoms with Gasteiger partial charge in [0.25, 0.3) is 0 Å². The maximum atomic E-state index is 12.9. The van der Waals surface area contributed by atoms with Crippen molar-refractivity contribution in [3.8, 4) is 6.07 Å². The molecule has 29 heavy (non-hydrogen) atoms. The Hall–Kier alpha value is -2.14. The van der Waals surface area contributed by atoms with Crippen LogP contribution in [-0.2, 0) is 6.42 Å². The van der Waals surface area contributed by atoms with E-state index < -0.39 is 5.83 Å². The van der Waals surface area contributed by atoms with Gasteiger partial charge >= 0.3 is 0 Å². The third-order valence-electron chi connectivity index (χ3n) is 7.14. The molecule has 1 aromatic carbocycles. The molecule has 0 aliphatic heterocycles. The van der Waals surface area contributed by atoms with E-state index in [9.17, 15) is 4.39 Å². The molecule has 0 bridgehead atoms. The third-order valence-corrected chi connectivity index (χ3v) is 7.14. The van der Waals surface area contributed by atoms with Crippen LogP contribution in [-0.4, -0.2) is 0 Å². The van der Waals surface area contributed by atoms with Crippen LogP contribution in [0.15, 0.2) is 60.5 Å². The van der Waals surface area contributed by atoms with Crippen molar-refractivity contribution in [1.29, 1.82) is 5.26 Å². The van der Waals surface area contributed by atoms with Crippen molar-refractivity contribution in [2.24, 2.45) is 17.8 Å².